The van der Waals surface area contributed by atoms with E-state index < -0.39 is 0 Å². The number of carbonyl (C=O) groups excluding carboxylic acids is 1. The molecule has 1 amide bonds. The summed E-state index contributed by atoms with van der Waals surface area (Å²) in [4.78, 5) is 11.7. The number of aryl methyl sites for hydroxylation is 2. The minimum Gasteiger partial charge on any atom is -0.352 e. The van der Waals surface area contributed by atoms with Gasteiger partial charge < -0.3 is 5.32 Å². The van der Waals surface area contributed by atoms with Gasteiger partial charge in [0.25, 0.3) is 5.91 Å². The topological polar surface area (TPSA) is 46.9 Å². The van der Waals surface area contributed by atoms with Crippen molar-refractivity contribution in [2.45, 2.75) is 19.8 Å². The summed E-state index contributed by atoms with van der Waals surface area (Å²) in [6, 6.07) is 0. The summed E-state index contributed by atoms with van der Waals surface area (Å²) in [7, 11) is 1.81. The Labute approximate surface area is 94.6 Å². The molecule has 84 valence electrons. The first-order chi connectivity index (χ1) is 7.19. The maximum atomic E-state index is 11.7. The molecule has 0 aliphatic rings. The lowest BCUT2D eigenvalue weighted by atomic mass is 10.2. The summed E-state index contributed by atoms with van der Waals surface area (Å²) >= 11 is 5.53. The molecule has 1 aromatic rings. The van der Waals surface area contributed by atoms with E-state index in [1.54, 1.807) is 10.9 Å². The summed E-state index contributed by atoms with van der Waals surface area (Å²) < 4.78 is 1.66. The predicted molar refractivity (Wildman–Crippen MR) is 60.3 cm³/mol. The molecule has 0 saturated heterocycles. The molecular weight excluding hydrogens is 214 g/mol. The zero-order chi connectivity index (χ0) is 11.3. The highest BCUT2D eigenvalue weighted by Crippen LogP contribution is 2.06. The van der Waals surface area contributed by atoms with E-state index in [-0.39, 0.29) is 5.91 Å². The first kappa shape index (κ1) is 12.0. The van der Waals surface area contributed by atoms with E-state index in [1.165, 1.54) is 0 Å². The van der Waals surface area contributed by atoms with E-state index in [1.807, 2.05) is 14.0 Å². The maximum absolute atomic E-state index is 11.7. The predicted octanol–water partition coefficient (Wildman–Crippen LogP) is 1.34. The van der Waals surface area contributed by atoms with Crippen LogP contribution in [0.2, 0.25) is 0 Å². The number of halogens is 1. The van der Waals surface area contributed by atoms with Crippen molar-refractivity contribution < 1.29 is 4.79 Å². The number of amides is 1. The fourth-order valence-electron chi connectivity index (χ4n) is 1.35. The molecule has 1 rings (SSSR count). The fraction of sp³-hybridized carbons (Fsp3) is 0.600. The fourth-order valence-corrected chi connectivity index (χ4v) is 1.48. The Hall–Kier alpha value is -1.03. The van der Waals surface area contributed by atoms with Crippen LogP contribution in [-0.4, -0.2) is 28.1 Å². The van der Waals surface area contributed by atoms with Gasteiger partial charge in [0.15, 0.2) is 0 Å². The third-order valence-corrected chi connectivity index (χ3v) is 2.35. The molecule has 0 atom stereocenters. The molecule has 0 aliphatic carbocycles. The van der Waals surface area contributed by atoms with Crippen LogP contribution in [0.3, 0.4) is 0 Å². The van der Waals surface area contributed by atoms with Crippen LogP contribution in [0.25, 0.3) is 0 Å². The third kappa shape index (κ3) is 3.23. The molecule has 1 aromatic heterocycles. The molecule has 4 nitrogen and oxygen atoms in total. The van der Waals surface area contributed by atoms with E-state index in [9.17, 15) is 4.79 Å². The van der Waals surface area contributed by atoms with Gasteiger partial charge in [-0.05, 0) is 12.8 Å². The number of hydrogen-bond acceptors (Lipinski definition) is 2. The quantitative estimate of drug-likeness (QED) is 0.612. The van der Waals surface area contributed by atoms with Gasteiger partial charge in [0.2, 0.25) is 0 Å². The number of alkyl halides is 1. The van der Waals surface area contributed by atoms with Gasteiger partial charge in [-0.2, -0.15) is 5.10 Å². The smallest absolute Gasteiger partial charge is 0.254 e. The highest BCUT2D eigenvalue weighted by atomic mass is 35.5. The average molecular weight is 230 g/mol. The van der Waals surface area contributed by atoms with Crippen LogP contribution in [-0.2, 0) is 13.5 Å². The lowest BCUT2D eigenvalue weighted by molar-refractivity contribution is 0.0953. The van der Waals surface area contributed by atoms with Crippen molar-refractivity contribution >= 4 is 17.5 Å². The van der Waals surface area contributed by atoms with Gasteiger partial charge >= 0.3 is 0 Å². The average Bonchev–Trinajstić information content (AvgIpc) is 2.60. The van der Waals surface area contributed by atoms with Gasteiger partial charge in [-0.15, -0.1) is 11.6 Å². The molecule has 15 heavy (non-hydrogen) atoms. The Bertz CT molecular complexity index is 335. The molecular formula is C10H16ClN3O. The summed E-state index contributed by atoms with van der Waals surface area (Å²) in [5.74, 6) is 0.499. The summed E-state index contributed by atoms with van der Waals surface area (Å²) in [6.07, 6.45) is 3.29. The lowest BCUT2D eigenvalue weighted by Gasteiger charge is -2.02. The van der Waals surface area contributed by atoms with Gasteiger partial charge in [-0.1, -0.05) is 6.92 Å². The van der Waals surface area contributed by atoms with Crippen molar-refractivity contribution in [3.8, 4) is 0 Å². The first-order valence-electron chi connectivity index (χ1n) is 5.05. The van der Waals surface area contributed by atoms with Crippen LogP contribution < -0.4 is 5.32 Å². The molecule has 1 N–H and O–H groups in total. The van der Waals surface area contributed by atoms with E-state index in [0.717, 1.165) is 18.5 Å². The maximum Gasteiger partial charge on any atom is 0.254 e. The number of aromatic nitrogens is 2. The van der Waals surface area contributed by atoms with Gasteiger partial charge in [0, 0.05) is 25.7 Å². The largest absolute Gasteiger partial charge is 0.352 e. The minimum atomic E-state index is -0.0648. The molecule has 0 unspecified atom stereocenters. The Morgan fingerprint density at radius 3 is 3.00 bits per heavy atom. The number of hydrogen-bond donors (Lipinski definition) is 1. The molecule has 5 heteroatoms. The highest BCUT2D eigenvalue weighted by Gasteiger charge is 2.13. The SMILES string of the molecule is CCc1nn(C)cc1C(=O)NCCCCl. The van der Waals surface area contributed by atoms with Gasteiger partial charge in [0.1, 0.15) is 0 Å². The van der Waals surface area contributed by atoms with E-state index in [0.29, 0.717) is 18.0 Å². The molecule has 0 bridgehead atoms. The van der Waals surface area contributed by atoms with E-state index >= 15 is 0 Å². The van der Waals surface area contributed by atoms with Crippen LogP contribution in [0.4, 0.5) is 0 Å². The van der Waals surface area contributed by atoms with Gasteiger partial charge in [-0.3, -0.25) is 9.48 Å². The summed E-state index contributed by atoms with van der Waals surface area (Å²) in [5, 5.41) is 7.02. The summed E-state index contributed by atoms with van der Waals surface area (Å²) in [5.41, 5.74) is 1.50. The molecule has 0 radical (unpaired) electrons. The molecule has 0 aliphatic heterocycles. The minimum absolute atomic E-state index is 0.0648. The Balaban J connectivity index is 2.64. The molecule has 0 saturated carbocycles. The zero-order valence-electron chi connectivity index (χ0n) is 9.09. The Morgan fingerprint density at radius 2 is 2.40 bits per heavy atom. The number of carbonyl (C=O) groups is 1. The van der Waals surface area contributed by atoms with Crippen molar-refractivity contribution in [1.82, 2.24) is 15.1 Å². The monoisotopic (exact) mass is 229 g/mol. The lowest BCUT2D eigenvalue weighted by Crippen LogP contribution is -2.25. The number of nitrogens with zero attached hydrogens (tertiary/aromatic N) is 2. The van der Waals surface area contributed by atoms with Crippen molar-refractivity contribution in [3.05, 3.63) is 17.5 Å². The van der Waals surface area contributed by atoms with Crippen LogP contribution >= 0.6 is 11.6 Å². The van der Waals surface area contributed by atoms with Crippen LogP contribution in [0.5, 0.6) is 0 Å². The van der Waals surface area contributed by atoms with Gasteiger partial charge in [0.05, 0.1) is 11.3 Å². The van der Waals surface area contributed by atoms with Gasteiger partial charge in [-0.25, -0.2) is 0 Å². The first-order valence-corrected chi connectivity index (χ1v) is 5.59. The van der Waals surface area contributed by atoms with E-state index in [4.69, 9.17) is 11.6 Å². The standard InChI is InChI=1S/C10H16ClN3O/c1-3-9-8(7-14(2)13-9)10(15)12-6-4-5-11/h7H,3-6H2,1-2H3,(H,12,15). The second-order valence-electron chi connectivity index (χ2n) is 3.32. The second-order valence-corrected chi connectivity index (χ2v) is 3.69. The van der Waals surface area contributed by atoms with Crippen LogP contribution in [0.1, 0.15) is 29.4 Å². The van der Waals surface area contributed by atoms with Crippen LogP contribution in [0.15, 0.2) is 6.20 Å². The number of rotatable bonds is 5. The van der Waals surface area contributed by atoms with Crippen molar-refractivity contribution in [2.75, 3.05) is 12.4 Å². The van der Waals surface area contributed by atoms with E-state index in [2.05, 4.69) is 10.4 Å². The molecule has 1 heterocycles. The Morgan fingerprint density at radius 1 is 1.67 bits per heavy atom. The molecule has 0 fully saturated rings. The van der Waals surface area contributed by atoms with Crippen molar-refractivity contribution in [3.63, 3.8) is 0 Å². The van der Waals surface area contributed by atoms with Crippen LogP contribution in [0, 0.1) is 0 Å². The number of nitrogens with one attached hydrogen (secondary N) is 1. The highest BCUT2D eigenvalue weighted by molar-refractivity contribution is 6.17. The van der Waals surface area contributed by atoms with Crippen molar-refractivity contribution in [1.29, 1.82) is 0 Å². The zero-order valence-corrected chi connectivity index (χ0v) is 9.84. The summed E-state index contributed by atoms with van der Waals surface area (Å²) in [6.45, 7) is 2.60. The molecule has 0 aromatic carbocycles. The Kier molecular flexibility index (Phi) is 4.62. The normalized spacial score (nSPS) is 10.3. The molecule has 0 spiro atoms. The third-order valence-electron chi connectivity index (χ3n) is 2.08. The van der Waals surface area contributed by atoms with Crippen molar-refractivity contribution in [2.24, 2.45) is 7.05 Å². The second kappa shape index (κ2) is 5.75.